The minimum Gasteiger partial charge on any atom is -0.462 e. The number of hydrogen-bond acceptors (Lipinski definition) is 5. The summed E-state index contributed by atoms with van der Waals surface area (Å²) >= 11 is 3.24. The van der Waals surface area contributed by atoms with Crippen molar-refractivity contribution in [1.29, 1.82) is 0 Å². The van der Waals surface area contributed by atoms with Gasteiger partial charge in [0.15, 0.2) is 4.80 Å². The molecule has 2 heterocycles. The standard InChI is InChI=1S/C33H30N2O2S2/c1-3-37-32(36)30-27-11-7-8-12-29(27)39-31(30)34-33-35(26-19-13-22(2)14-20-26)28(21-38-33)25-17-15-24(16-18-25)23-9-5-4-6-10-23/h4-6,9-10,13-21H,3,7-8,11-12H2,1-2H3/b34-33-. The van der Waals surface area contributed by atoms with Crippen LogP contribution in [0.2, 0.25) is 0 Å². The third-order valence-electron chi connectivity index (χ3n) is 7.12. The van der Waals surface area contributed by atoms with Crippen LogP contribution in [0.25, 0.3) is 28.1 Å². The average molecular weight is 551 g/mol. The molecule has 0 atom stereocenters. The number of esters is 1. The Bertz CT molecular complexity index is 1670. The van der Waals surface area contributed by atoms with Crippen LogP contribution in [0.3, 0.4) is 0 Å². The van der Waals surface area contributed by atoms with Gasteiger partial charge in [0.2, 0.25) is 0 Å². The van der Waals surface area contributed by atoms with Gasteiger partial charge in [-0.05, 0) is 73.9 Å². The minimum atomic E-state index is -0.259. The van der Waals surface area contributed by atoms with Crippen molar-refractivity contribution in [1.82, 2.24) is 4.57 Å². The number of hydrogen-bond donors (Lipinski definition) is 0. The van der Waals surface area contributed by atoms with Gasteiger partial charge in [-0.3, -0.25) is 4.57 Å². The summed E-state index contributed by atoms with van der Waals surface area (Å²) in [6.45, 7) is 4.31. The van der Waals surface area contributed by atoms with E-state index in [4.69, 9.17) is 9.73 Å². The molecule has 0 radical (unpaired) electrons. The molecular weight excluding hydrogens is 521 g/mol. The molecule has 0 saturated heterocycles. The maximum atomic E-state index is 13.1. The van der Waals surface area contributed by atoms with Crippen molar-refractivity contribution < 1.29 is 9.53 Å². The zero-order chi connectivity index (χ0) is 26.8. The lowest BCUT2D eigenvalue weighted by atomic mass is 9.95. The summed E-state index contributed by atoms with van der Waals surface area (Å²) in [6, 6.07) is 27.6. The third-order valence-corrected chi connectivity index (χ3v) is 9.13. The number of rotatable bonds is 6. The molecule has 0 unspecified atom stereocenters. The van der Waals surface area contributed by atoms with E-state index >= 15 is 0 Å². The largest absolute Gasteiger partial charge is 0.462 e. The fourth-order valence-corrected chi connectivity index (χ4v) is 7.35. The van der Waals surface area contributed by atoms with E-state index in [0.717, 1.165) is 58.0 Å². The maximum absolute atomic E-state index is 13.1. The van der Waals surface area contributed by atoms with Gasteiger partial charge in [0.05, 0.1) is 17.9 Å². The molecule has 1 aliphatic carbocycles. The van der Waals surface area contributed by atoms with Crippen molar-refractivity contribution in [3.8, 4) is 28.1 Å². The first-order chi connectivity index (χ1) is 19.1. The zero-order valence-electron chi connectivity index (χ0n) is 22.1. The van der Waals surface area contributed by atoms with Crippen LogP contribution < -0.4 is 4.80 Å². The number of nitrogens with zero attached hydrogens (tertiary/aromatic N) is 2. The number of benzene rings is 3. The van der Waals surface area contributed by atoms with Crippen molar-refractivity contribution in [2.75, 3.05) is 6.61 Å². The van der Waals surface area contributed by atoms with Gasteiger partial charge in [0.25, 0.3) is 0 Å². The van der Waals surface area contributed by atoms with Gasteiger partial charge < -0.3 is 4.74 Å². The highest BCUT2D eigenvalue weighted by Crippen LogP contribution is 2.40. The molecule has 5 aromatic rings. The first kappa shape index (κ1) is 25.5. The number of aryl methyl sites for hydroxylation is 2. The molecule has 0 saturated carbocycles. The van der Waals surface area contributed by atoms with Gasteiger partial charge in [-0.2, -0.15) is 0 Å². The van der Waals surface area contributed by atoms with E-state index in [9.17, 15) is 4.79 Å². The second kappa shape index (κ2) is 11.2. The Morgan fingerprint density at radius 3 is 2.33 bits per heavy atom. The first-order valence-electron chi connectivity index (χ1n) is 13.4. The Balaban J connectivity index is 1.50. The topological polar surface area (TPSA) is 43.6 Å². The summed E-state index contributed by atoms with van der Waals surface area (Å²) in [5.74, 6) is -0.259. The Kier molecular flexibility index (Phi) is 7.31. The predicted molar refractivity (Wildman–Crippen MR) is 161 cm³/mol. The molecule has 6 rings (SSSR count). The van der Waals surface area contributed by atoms with Crippen LogP contribution in [0.15, 0.2) is 89.2 Å². The molecular formula is C33H30N2O2S2. The molecule has 2 aromatic heterocycles. The molecule has 1 aliphatic rings. The highest BCUT2D eigenvalue weighted by molar-refractivity contribution is 7.16. The molecule has 3 aromatic carbocycles. The molecule has 0 bridgehead atoms. The van der Waals surface area contributed by atoms with Crippen molar-refractivity contribution in [3.63, 3.8) is 0 Å². The Hall–Kier alpha value is -3.74. The van der Waals surface area contributed by atoms with Gasteiger partial charge in [0.1, 0.15) is 5.00 Å². The first-order valence-corrected chi connectivity index (χ1v) is 15.1. The monoisotopic (exact) mass is 550 g/mol. The van der Waals surface area contributed by atoms with E-state index in [2.05, 4.69) is 89.7 Å². The Labute approximate surface area is 236 Å². The third kappa shape index (κ3) is 5.14. The number of ether oxygens (including phenoxy) is 1. The van der Waals surface area contributed by atoms with E-state index in [-0.39, 0.29) is 5.97 Å². The van der Waals surface area contributed by atoms with E-state index in [1.807, 2.05) is 13.0 Å². The number of carbonyl (C=O) groups excluding carboxylic acids is 1. The fraction of sp³-hybridized carbons (Fsp3) is 0.212. The molecule has 0 N–H and O–H groups in total. The SMILES string of the molecule is CCOC(=O)c1c(/N=c2\scc(-c3ccc(-c4ccccc4)cc3)n2-c2ccc(C)cc2)sc2c1CCCC2. The lowest BCUT2D eigenvalue weighted by Gasteiger charge is -2.12. The summed E-state index contributed by atoms with van der Waals surface area (Å²) in [5.41, 5.74) is 8.62. The quantitative estimate of drug-likeness (QED) is 0.199. The highest BCUT2D eigenvalue weighted by Gasteiger charge is 2.26. The Morgan fingerprint density at radius 2 is 1.59 bits per heavy atom. The van der Waals surface area contributed by atoms with Gasteiger partial charge in [0, 0.05) is 15.9 Å². The molecule has 39 heavy (non-hydrogen) atoms. The van der Waals surface area contributed by atoms with Crippen molar-refractivity contribution >= 4 is 33.6 Å². The smallest absolute Gasteiger partial charge is 0.341 e. The van der Waals surface area contributed by atoms with Crippen molar-refractivity contribution in [2.45, 2.75) is 39.5 Å². The van der Waals surface area contributed by atoms with Crippen LogP contribution in [0.5, 0.6) is 0 Å². The normalized spacial score (nSPS) is 13.3. The molecule has 0 spiro atoms. The van der Waals surface area contributed by atoms with Gasteiger partial charge in [-0.1, -0.05) is 72.3 Å². The van der Waals surface area contributed by atoms with Crippen molar-refractivity contribution in [3.05, 3.63) is 111 Å². The van der Waals surface area contributed by atoms with E-state index in [1.54, 1.807) is 22.7 Å². The summed E-state index contributed by atoms with van der Waals surface area (Å²) in [5, 5.41) is 2.92. The van der Waals surface area contributed by atoms with E-state index in [0.29, 0.717) is 12.2 Å². The minimum absolute atomic E-state index is 0.259. The molecule has 0 amide bonds. The van der Waals surface area contributed by atoms with Crippen LogP contribution in [-0.2, 0) is 17.6 Å². The molecule has 0 aliphatic heterocycles. The molecule has 4 nitrogen and oxygen atoms in total. The second-order valence-electron chi connectivity index (χ2n) is 9.74. The van der Waals surface area contributed by atoms with Gasteiger partial charge in [-0.15, -0.1) is 22.7 Å². The van der Waals surface area contributed by atoms with Gasteiger partial charge in [-0.25, -0.2) is 9.79 Å². The molecule has 0 fully saturated rings. The number of thiophene rings is 1. The van der Waals surface area contributed by atoms with Crippen LogP contribution >= 0.6 is 22.7 Å². The number of carbonyl (C=O) groups is 1. The Morgan fingerprint density at radius 1 is 0.897 bits per heavy atom. The summed E-state index contributed by atoms with van der Waals surface area (Å²) in [6.07, 6.45) is 4.17. The lowest BCUT2D eigenvalue weighted by Crippen LogP contribution is -2.14. The number of fused-ring (bicyclic) bond motifs is 1. The van der Waals surface area contributed by atoms with Gasteiger partial charge >= 0.3 is 5.97 Å². The predicted octanol–water partition coefficient (Wildman–Crippen LogP) is 8.53. The zero-order valence-corrected chi connectivity index (χ0v) is 23.8. The summed E-state index contributed by atoms with van der Waals surface area (Å²) in [7, 11) is 0. The molecule has 196 valence electrons. The average Bonchev–Trinajstić information content (AvgIpc) is 3.55. The number of aromatic nitrogens is 1. The summed E-state index contributed by atoms with van der Waals surface area (Å²) in [4.78, 5) is 20.4. The maximum Gasteiger partial charge on any atom is 0.341 e. The van der Waals surface area contributed by atoms with Crippen LogP contribution in [0, 0.1) is 6.92 Å². The number of thiazole rings is 1. The fourth-order valence-electron chi connectivity index (χ4n) is 5.13. The highest BCUT2D eigenvalue weighted by atomic mass is 32.1. The van der Waals surface area contributed by atoms with E-state index in [1.165, 1.54) is 21.6 Å². The summed E-state index contributed by atoms with van der Waals surface area (Å²) < 4.78 is 7.69. The lowest BCUT2D eigenvalue weighted by molar-refractivity contribution is 0.0526. The van der Waals surface area contributed by atoms with Crippen molar-refractivity contribution in [2.24, 2.45) is 4.99 Å². The van der Waals surface area contributed by atoms with E-state index < -0.39 is 0 Å². The van der Waals surface area contributed by atoms with Crippen LogP contribution in [-0.4, -0.2) is 17.1 Å². The second-order valence-corrected chi connectivity index (χ2v) is 11.7. The molecule has 6 heteroatoms. The van der Waals surface area contributed by atoms with Crippen LogP contribution in [0.1, 0.15) is 46.1 Å². The van der Waals surface area contributed by atoms with Crippen LogP contribution in [0.4, 0.5) is 5.00 Å².